The first-order valence-corrected chi connectivity index (χ1v) is 7.98. The highest BCUT2D eigenvalue weighted by Crippen LogP contribution is 2.40. The molecule has 1 heterocycles. The van der Waals surface area contributed by atoms with Gasteiger partial charge in [0, 0.05) is 6.54 Å². The van der Waals surface area contributed by atoms with Crippen LogP contribution in [0.15, 0.2) is 42.5 Å². The molecule has 0 saturated carbocycles. The van der Waals surface area contributed by atoms with Gasteiger partial charge < -0.3 is 9.47 Å². The summed E-state index contributed by atoms with van der Waals surface area (Å²) in [5.74, 6) is -0.891. The minimum Gasteiger partial charge on any atom is -0.468 e. The molecule has 1 aliphatic rings. The molecule has 0 radical (unpaired) electrons. The lowest BCUT2D eigenvalue weighted by Gasteiger charge is -2.36. The summed E-state index contributed by atoms with van der Waals surface area (Å²) < 4.78 is 10.3. The van der Waals surface area contributed by atoms with Gasteiger partial charge in [-0.3, -0.25) is 9.69 Å². The number of esters is 1. The third kappa shape index (κ3) is 3.78. The van der Waals surface area contributed by atoms with E-state index in [-0.39, 0.29) is 24.0 Å². The van der Waals surface area contributed by atoms with Gasteiger partial charge in [-0.05, 0) is 16.6 Å². The molecule has 0 N–H and O–H groups in total. The molecule has 130 valence electrons. The topological polar surface area (TPSA) is 55.8 Å². The quantitative estimate of drug-likeness (QED) is 0.629. The first-order chi connectivity index (χ1) is 11.3. The van der Waals surface area contributed by atoms with Gasteiger partial charge in [-0.15, -0.1) is 0 Å². The zero-order valence-electron chi connectivity index (χ0n) is 14.7. The molecular weight excluding hydrogens is 306 g/mol. The Balaban J connectivity index is 2.16. The number of likely N-dealkylation sites (tertiary alicyclic amines) is 1. The zero-order chi connectivity index (χ0) is 17.9. The maximum atomic E-state index is 12.6. The summed E-state index contributed by atoms with van der Waals surface area (Å²) in [7, 11) is 1.35. The monoisotopic (exact) mass is 331 g/mol. The highest BCUT2D eigenvalue weighted by atomic mass is 16.6. The van der Waals surface area contributed by atoms with Crippen LogP contribution in [0.1, 0.15) is 26.3 Å². The van der Waals surface area contributed by atoms with Gasteiger partial charge in [0.1, 0.15) is 12.5 Å². The van der Waals surface area contributed by atoms with Crippen molar-refractivity contribution in [2.24, 2.45) is 11.3 Å². The largest absolute Gasteiger partial charge is 0.468 e. The van der Waals surface area contributed by atoms with Crippen molar-refractivity contribution in [2.75, 3.05) is 13.7 Å². The van der Waals surface area contributed by atoms with Crippen LogP contribution in [0.25, 0.3) is 0 Å². The molecule has 24 heavy (non-hydrogen) atoms. The second-order valence-corrected chi connectivity index (χ2v) is 7.14. The number of rotatable bonds is 3. The fourth-order valence-electron chi connectivity index (χ4n) is 3.19. The van der Waals surface area contributed by atoms with E-state index in [1.807, 2.05) is 51.1 Å². The molecule has 2 atom stereocenters. The zero-order valence-corrected chi connectivity index (χ0v) is 14.7. The fourth-order valence-corrected chi connectivity index (χ4v) is 3.19. The van der Waals surface area contributed by atoms with Crippen molar-refractivity contribution >= 4 is 12.1 Å². The Labute approximate surface area is 143 Å². The molecule has 0 spiro atoms. The van der Waals surface area contributed by atoms with Gasteiger partial charge in [-0.2, -0.15) is 0 Å². The molecule has 0 aromatic heterocycles. The molecule has 0 aliphatic carbocycles. The van der Waals surface area contributed by atoms with Gasteiger partial charge in [-0.1, -0.05) is 57.7 Å². The van der Waals surface area contributed by atoms with E-state index in [0.717, 1.165) is 5.56 Å². The minimum absolute atomic E-state index is 0.197. The Kier molecular flexibility index (Phi) is 5.32. The Morgan fingerprint density at radius 3 is 2.42 bits per heavy atom. The number of ether oxygens (including phenoxy) is 2. The van der Waals surface area contributed by atoms with Crippen LogP contribution in [0.4, 0.5) is 4.79 Å². The molecule has 1 aromatic carbocycles. The van der Waals surface area contributed by atoms with Crippen molar-refractivity contribution in [1.29, 1.82) is 0 Å². The summed E-state index contributed by atoms with van der Waals surface area (Å²) in [4.78, 5) is 26.3. The van der Waals surface area contributed by atoms with Crippen molar-refractivity contribution in [3.63, 3.8) is 0 Å². The summed E-state index contributed by atoms with van der Waals surface area (Å²) in [5, 5.41) is 0. The van der Waals surface area contributed by atoms with E-state index in [1.165, 1.54) is 7.11 Å². The lowest BCUT2D eigenvalue weighted by molar-refractivity contribution is -0.146. The molecule has 5 nitrogen and oxygen atoms in total. The van der Waals surface area contributed by atoms with Crippen LogP contribution < -0.4 is 0 Å². The molecule has 1 fully saturated rings. The summed E-state index contributed by atoms with van der Waals surface area (Å²) in [5.41, 5.74) is 1.28. The third-order valence-electron chi connectivity index (χ3n) is 4.25. The van der Waals surface area contributed by atoms with Gasteiger partial charge >= 0.3 is 12.1 Å². The van der Waals surface area contributed by atoms with Crippen molar-refractivity contribution in [3.8, 4) is 0 Å². The number of amides is 1. The average molecular weight is 331 g/mol. The number of carbonyl (C=O) groups is 2. The standard InChI is InChI=1S/C19H25NO4/c1-13-11-20(16(19(2,3)4)15(13)17(21)23-5)18(22)24-12-14-9-7-6-8-10-14/h6-10,15-16H,1,11-12H2,2-5H3/t15-,16?/m1/s1. The number of benzene rings is 1. The molecule has 1 amide bonds. The number of nitrogens with zero attached hydrogens (tertiary/aromatic N) is 1. The SMILES string of the molecule is C=C1CN(C(=O)OCc2ccccc2)C(C(C)(C)C)[C@@H]1C(=O)OC. The van der Waals surface area contributed by atoms with E-state index in [9.17, 15) is 9.59 Å². The fraction of sp³-hybridized carbons (Fsp3) is 0.474. The maximum absolute atomic E-state index is 12.6. The third-order valence-corrected chi connectivity index (χ3v) is 4.25. The van der Waals surface area contributed by atoms with Crippen LogP contribution >= 0.6 is 0 Å². The van der Waals surface area contributed by atoms with Crippen molar-refractivity contribution in [2.45, 2.75) is 33.4 Å². The van der Waals surface area contributed by atoms with E-state index >= 15 is 0 Å². The number of methoxy groups -OCH3 is 1. The molecule has 0 bridgehead atoms. The van der Waals surface area contributed by atoms with E-state index < -0.39 is 12.0 Å². The lowest BCUT2D eigenvalue weighted by atomic mass is 9.78. The molecule has 5 heteroatoms. The van der Waals surface area contributed by atoms with Gasteiger partial charge in [0.2, 0.25) is 0 Å². The lowest BCUT2D eigenvalue weighted by Crippen LogP contribution is -2.48. The van der Waals surface area contributed by atoms with Crippen LogP contribution in [0.2, 0.25) is 0 Å². The summed E-state index contributed by atoms with van der Waals surface area (Å²) in [6.07, 6.45) is -0.439. The molecule has 1 unspecified atom stereocenters. The van der Waals surface area contributed by atoms with E-state index in [1.54, 1.807) is 4.90 Å². The van der Waals surface area contributed by atoms with Gasteiger partial charge in [0.05, 0.1) is 13.2 Å². The Hall–Kier alpha value is -2.30. The maximum Gasteiger partial charge on any atom is 0.410 e. The Morgan fingerprint density at radius 1 is 1.25 bits per heavy atom. The molecular formula is C19H25NO4. The summed E-state index contributed by atoms with van der Waals surface area (Å²) in [6.45, 7) is 10.4. The Bertz CT molecular complexity index is 618. The number of hydrogen-bond donors (Lipinski definition) is 0. The van der Waals surface area contributed by atoms with Crippen LogP contribution in [-0.4, -0.2) is 36.7 Å². The first-order valence-electron chi connectivity index (χ1n) is 7.98. The number of hydrogen-bond acceptors (Lipinski definition) is 4. The van der Waals surface area contributed by atoms with Gasteiger partial charge in [0.15, 0.2) is 0 Å². The van der Waals surface area contributed by atoms with Crippen molar-refractivity contribution in [1.82, 2.24) is 4.90 Å². The highest BCUT2D eigenvalue weighted by molar-refractivity contribution is 5.80. The van der Waals surface area contributed by atoms with E-state index in [0.29, 0.717) is 12.1 Å². The highest BCUT2D eigenvalue weighted by Gasteiger charge is 2.50. The summed E-state index contributed by atoms with van der Waals surface area (Å²) in [6, 6.07) is 9.15. The Morgan fingerprint density at radius 2 is 1.88 bits per heavy atom. The van der Waals surface area contributed by atoms with E-state index in [4.69, 9.17) is 9.47 Å². The normalized spacial score (nSPS) is 20.8. The molecule has 2 rings (SSSR count). The van der Waals surface area contributed by atoms with Crippen molar-refractivity contribution in [3.05, 3.63) is 48.0 Å². The van der Waals surface area contributed by atoms with Crippen LogP contribution in [-0.2, 0) is 20.9 Å². The van der Waals surface area contributed by atoms with Gasteiger partial charge in [-0.25, -0.2) is 4.79 Å². The van der Waals surface area contributed by atoms with Crippen LogP contribution in [0.5, 0.6) is 0 Å². The second kappa shape index (κ2) is 7.07. The first kappa shape index (κ1) is 18.0. The van der Waals surface area contributed by atoms with E-state index in [2.05, 4.69) is 6.58 Å². The predicted molar refractivity (Wildman–Crippen MR) is 91.2 cm³/mol. The second-order valence-electron chi connectivity index (χ2n) is 7.14. The number of carbonyl (C=O) groups excluding carboxylic acids is 2. The van der Waals surface area contributed by atoms with Crippen LogP contribution in [0, 0.1) is 11.3 Å². The minimum atomic E-state index is -0.528. The average Bonchev–Trinajstić information content (AvgIpc) is 2.90. The summed E-state index contributed by atoms with van der Waals surface area (Å²) >= 11 is 0. The van der Waals surface area contributed by atoms with Crippen LogP contribution in [0.3, 0.4) is 0 Å². The molecule has 1 aromatic rings. The molecule has 1 saturated heterocycles. The molecule has 1 aliphatic heterocycles. The van der Waals surface area contributed by atoms with Gasteiger partial charge in [0.25, 0.3) is 0 Å². The van der Waals surface area contributed by atoms with Crippen molar-refractivity contribution < 1.29 is 19.1 Å². The smallest absolute Gasteiger partial charge is 0.410 e. The predicted octanol–water partition coefficient (Wildman–Crippen LogP) is 3.40.